The molecule has 4 rings (SSSR count). The highest BCUT2D eigenvalue weighted by molar-refractivity contribution is 5.73. The smallest absolute Gasteiger partial charge is 0.475 e. The molecule has 0 aromatic heterocycles. The second-order valence-corrected chi connectivity index (χ2v) is 7.51. The number of hydrogen-bond acceptors (Lipinski definition) is 3. The Kier molecular flexibility index (Phi) is 5.31. The van der Waals surface area contributed by atoms with E-state index in [1.807, 2.05) is 0 Å². The molecule has 4 aliphatic carbocycles. The lowest BCUT2D eigenvalue weighted by molar-refractivity contribution is -0.192. The Morgan fingerprint density at radius 3 is 2.17 bits per heavy atom. The third-order valence-corrected chi connectivity index (χ3v) is 5.20. The van der Waals surface area contributed by atoms with Crippen LogP contribution in [0.5, 0.6) is 0 Å². The van der Waals surface area contributed by atoms with E-state index in [0.29, 0.717) is 0 Å². The molecule has 0 saturated heterocycles. The van der Waals surface area contributed by atoms with Crippen molar-refractivity contribution < 1.29 is 27.8 Å². The lowest BCUT2D eigenvalue weighted by Gasteiger charge is -2.60. The molecule has 0 radical (unpaired) electrons. The quantitative estimate of drug-likeness (QED) is 0.770. The first-order valence-corrected chi connectivity index (χ1v) is 8.30. The van der Waals surface area contributed by atoms with Gasteiger partial charge in [0.25, 0.3) is 0 Å². The zero-order chi connectivity index (χ0) is 17.3. The fourth-order valence-corrected chi connectivity index (χ4v) is 4.85. The lowest BCUT2D eigenvalue weighted by Crippen LogP contribution is -2.63. The third kappa shape index (κ3) is 4.59. The van der Waals surface area contributed by atoms with Crippen LogP contribution in [0.15, 0.2) is 0 Å². The first kappa shape index (κ1) is 18.5. The normalized spacial score (nSPS) is 38.1. The summed E-state index contributed by atoms with van der Waals surface area (Å²) in [6.45, 7) is 3.18. The van der Waals surface area contributed by atoms with Gasteiger partial charge in [0.05, 0.1) is 5.60 Å². The molecule has 0 aromatic rings. The largest absolute Gasteiger partial charge is 0.490 e. The Bertz CT molecular complexity index is 425. The Morgan fingerprint density at radius 1 is 1.26 bits per heavy atom. The van der Waals surface area contributed by atoms with Crippen LogP contribution in [0.25, 0.3) is 0 Å². The first-order valence-electron chi connectivity index (χ1n) is 8.30. The van der Waals surface area contributed by atoms with E-state index >= 15 is 0 Å². The number of nitrogens with two attached hydrogens (primary N) is 1. The van der Waals surface area contributed by atoms with Gasteiger partial charge >= 0.3 is 12.1 Å². The molecule has 0 heterocycles. The van der Waals surface area contributed by atoms with E-state index in [2.05, 4.69) is 6.92 Å². The van der Waals surface area contributed by atoms with E-state index in [1.165, 1.54) is 44.9 Å². The molecule has 3 N–H and O–H groups in total. The Morgan fingerprint density at radius 2 is 1.78 bits per heavy atom. The van der Waals surface area contributed by atoms with Crippen LogP contribution >= 0.6 is 0 Å². The number of halogens is 3. The standard InChI is InChI=1S/C14H25NO.C2HF3O2/c1-2-3-4-16-14-8-11-5-12(9-14)7-13(15,6-11)10-14;3-2(4,5)1(6)7/h11-12H,2-10,15H2,1H3;(H,6,7). The van der Waals surface area contributed by atoms with E-state index in [-0.39, 0.29) is 11.1 Å². The van der Waals surface area contributed by atoms with Crippen LogP contribution in [0.4, 0.5) is 13.2 Å². The van der Waals surface area contributed by atoms with Gasteiger partial charge in [-0.05, 0) is 56.8 Å². The lowest BCUT2D eigenvalue weighted by atomic mass is 9.51. The fraction of sp³-hybridized carbons (Fsp3) is 0.938. The molecule has 0 aromatic carbocycles. The summed E-state index contributed by atoms with van der Waals surface area (Å²) in [6, 6.07) is 0. The summed E-state index contributed by atoms with van der Waals surface area (Å²) in [5.41, 5.74) is 6.85. The van der Waals surface area contributed by atoms with E-state index in [0.717, 1.165) is 24.9 Å². The molecule has 4 nitrogen and oxygen atoms in total. The van der Waals surface area contributed by atoms with Gasteiger partial charge in [0, 0.05) is 12.1 Å². The molecule has 0 spiro atoms. The van der Waals surface area contributed by atoms with Gasteiger partial charge in [-0.25, -0.2) is 4.79 Å². The maximum Gasteiger partial charge on any atom is 0.490 e. The van der Waals surface area contributed by atoms with Crippen LogP contribution in [0.2, 0.25) is 0 Å². The summed E-state index contributed by atoms with van der Waals surface area (Å²) >= 11 is 0. The number of carbonyl (C=O) groups is 1. The van der Waals surface area contributed by atoms with E-state index in [4.69, 9.17) is 20.4 Å². The molecule has 4 saturated carbocycles. The van der Waals surface area contributed by atoms with Crippen LogP contribution in [0.3, 0.4) is 0 Å². The number of alkyl halides is 3. The van der Waals surface area contributed by atoms with Crippen molar-refractivity contribution in [1.29, 1.82) is 0 Å². The minimum absolute atomic E-state index is 0.135. The van der Waals surface area contributed by atoms with Gasteiger partial charge in [-0.3, -0.25) is 0 Å². The van der Waals surface area contributed by atoms with Crippen LogP contribution in [-0.4, -0.2) is 35.0 Å². The van der Waals surface area contributed by atoms with Gasteiger partial charge in [0.1, 0.15) is 0 Å². The van der Waals surface area contributed by atoms with Crippen molar-refractivity contribution in [3.05, 3.63) is 0 Å². The summed E-state index contributed by atoms with van der Waals surface area (Å²) in [7, 11) is 0. The van der Waals surface area contributed by atoms with E-state index in [9.17, 15) is 13.2 Å². The van der Waals surface area contributed by atoms with Crippen LogP contribution < -0.4 is 5.73 Å². The number of unbranched alkanes of at least 4 members (excludes halogenated alkanes) is 1. The summed E-state index contributed by atoms with van der Waals surface area (Å²) in [5, 5.41) is 7.12. The van der Waals surface area contributed by atoms with Gasteiger partial charge < -0.3 is 15.6 Å². The molecule has 4 aliphatic rings. The minimum atomic E-state index is -5.08. The summed E-state index contributed by atoms with van der Waals surface area (Å²) in [4.78, 5) is 8.90. The average Bonchev–Trinajstić information content (AvgIpc) is 2.35. The molecular weight excluding hydrogens is 311 g/mol. The van der Waals surface area contributed by atoms with Crippen molar-refractivity contribution in [3.8, 4) is 0 Å². The van der Waals surface area contributed by atoms with E-state index in [1.54, 1.807) is 0 Å². The number of carboxylic acids is 1. The van der Waals surface area contributed by atoms with Crippen molar-refractivity contribution >= 4 is 5.97 Å². The Hall–Kier alpha value is -0.820. The molecule has 0 aliphatic heterocycles. The molecule has 2 atom stereocenters. The van der Waals surface area contributed by atoms with E-state index < -0.39 is 12.1 Å². The van der Waals surface area contributed by atoms with Crippen LogP contribution in [0, 0.1) is 11.8 Å². The molecule has 4 fully saturated rings. The topological polar surface area (TPSA) is 72.5 Å². The van der Waals surface area contributed by atoms with Crippen molar-refractivity contribution in [2.24, 2.45) is 17.6 Å². The first-order chi connectivity index (χ1) is 10.6. The van der Waals surface area contributed by atoms with Crippen LogP contribution in [0.1, 0.15) is 58.3 Å². The van der Waals surface area contributed by atoms with Gasteiger partial charge in [0.2, 0.25) is 0 Å². The molecule has 2 unspecified atom stereocenters. The fourth-order valence-electron chi connectivity index (χ4n) is 4.85. The predicted octanol–water partition coefficient (Wildman–Crippen LogP) is 3.49. The summed E-state index contributed by atoms with van der Waals surface area (Å²) in [5.74, 6) is -1.02. The summed E-state index contributed by atoms with van der Waals surface area (Å²) in [6.07, 6.45) is 5.04. The molecule has 0 amide bonds. The third-order valence-electron chi connectivity index (χ3n) is 5.20. The highest BCUT2D eigenvalue weighted by Gasteiger charge is 2.56. The Balaban J connectivity index is 0.000000236. The number of carboxylic acid groups (broad SMARTS) is 1. The van der Waals surface area contributed by atoms with Gasteiger partial charge in [0.15, 0.2) is 0 Å². The maximum atomic E-state index is 10.6. The molecule has 4 bridgehead atoms. The second kappa shape index (κ2) is 6.59. The van der Waals surface area contributed by atoms with Gasteiger partial charge in [-0.1, -0.05) is 13.3 Å². The molecule has 134 valence electrons. The molecule has 23 heavy (non-hydrogen) atoms. The van der Waals surface area contributed by atoms with Gasteiger partial charge in [-0.15, -0.1) is 0 Å². The SMILES string of the molecule is CCCCOC12CC3CC(CC(N)(C3)C1)C2.O=C(O)C(F)(F)F. The molecular formula is C16H26F3NO3. The monoisotopic (exact) mass is 337 g/mol. The number of rotatable bonds is 4. The van der Waals surface area contributed by atoms with Crippen molar-refractivity contribution in [2.45, 2.75) is 75.6 Å². The van der Waals surface area contributed by atoms with Crippen molar-refractivity contribution in [3.63, 3.8) is 0 Å². The highest BCUT2D eigenvalue weighted by atomic mass is 19.4. The van der Waals surface area contributed by atoms with Crippen LogP contribution in [-0.2, 0) is 9.53 Å². The number of aliphatic carboxylic acids is 1. The predicted molar refractivity (Wildman–Crippen MR) is 78.9 cm³/mol. The highest BCUT2D eigenvalue weighted by Crippen LogP contribution is 2.57. The minimum Gasteiger partial charge on any atom is -0.475 e. The Labute approximate surface area is 134 Å². The second-order valence-electron chi connectivity index (χ2n) is 7.51. The van der Waals surface area contributed by atoms with Crippen molar-refractivity contribution in [1.82, 2.24) is 0 Å². The average molecular weight is 337 g/mol. The van der Waals surface area contributed by atoms with Gasteiger partial charge in [-0.2, -0.15) is 13.2 Å². The summed E-state index contributed by atoms with van der Waals surface area (Å²) < 4.78 is 38.0. The zero-order valence-electron chi connectivity index (χ0n) is 13.5. The zero-order valence-corrected chi connectivity index (χ0v) is 13.5. The van der Waals surface area contributed by atoms with Crippen molar-refractivity contribution in [2.75, 3.05) is 6.61 Å². The number of hydrogen-bond donors (Lipinski definition) is 2. The molecule has 7 heteroatoms. The maximum absolute atomic E-state index is 10.6. The number of ether oxygens (including phenoxy) is 1.